The van der Waals surface area contributed by atoms with Gasteiger partial charge in [0.1, 0.15) is 13.1 Å². The molecule has 1 aromatic carbocycles. The summed E-state index contributed by atoms with van der Waals surface area (Å²) in [5.74, 6) is -0.529. The van der Waals surface area contributed by atoms with E-state index < -0.39 is 5.97 Å². The predicted molar refractivity (Wildman–Crippen MR) is 105 cm³/mol. The topological polar surface area (TPSA) is 101 Å². The fourth-order valence-corrected chi connectivity index (χ4v) is 3.23. The molecule has 28 heavy (non-hydrogen) atoms. The maximum Gasteiger partial charge on any atom is 0.338 e. The lowest BCUT2D eigenvalue weighted by atomic mass is 10.00. The van der Waals surface area contributed by atoms with Crippen LogP contribution in [0.25, 0.3) is 0 Å². The number of rotatable bonds is 8. The molecule has 0 radical (unpaired) electrons. The second-order valence-electron chi connectivity index (χ2n) is 6.76. The number of benzene rings is 1. The van der Waals surface area contributed by atoms with E-state index in [1.54, 1.807) is 26.1 Å². The molecule has 0 fully saturated rings. The van der Waals surface area contributed by atoms with E-state index in [9.17, 15) is 14.4 Å². The zero-order valence-corrected chi connectivity index (χ0v) is 16.8. The molecule has 0 saturated carbocycles. The highest BCUT2D eigenvalue weighted by atomic mass is 16.5. The average molecular weight is 389 g/mol. The summed E-state index contributed by atoms with van der Waals surface area (Å²) < 4.78 is 5.19. The quantitative estimate of drug-likeness (QED) is 0.469. The average Bonchev–Trinajstić information content (AvgIpc) is 2.67. The van der Waals surface area contributed by atoms with Crippen LogP contribution in [0.5, 0.6) is 0 Å². The van der Waals surface area contributed by atoms with Crippen LogP contribution in [-0.4, -0.2) is 51.2 Å². The second-order valence-corrected chi connectivity index (χ2v) is 6.76. The number of carbonyl (C=O) groups excluding carboxylic acids is 3. The van der Waals surface area contributed by atoms with E-state index in [-0.39, 0.29) is 24.6 Å². The van der Waals surface area contributed by atoms with E-state index in [1.807, 2.05) is 26.1 Å². The van der Waals surface area contributed by atoms with Crippen LogP contribution in [0.15, 0.2) is 35.5 Å². The van der Waals surface area contributed by atoms with Gasteiger partial charge in [-0.3, -0.25) is 4.79 Å². The zero-order valence-electron chi connectivity index (χ0n) is 16.8. The predicted octanol–water partition coefficient (Wildman–Crippen LogP) is -0.0305. The van der Waals surface area contributed by atoms with Crippen molar-refractivity contribution in [3.05, 3.63) is 46.7 Å². The number of hydrogen-bond acceptors (Lipinski definition) is 4. The lowest BCUT2D eigenvalue weighted by molar-refractivity contribution is -0.889. The Morgan fingerprint density at radius 2 is 1.86 bits per heavy atom. The number of urea groups is 1. The van der Waals surface area contributed by atoms with E-state index in [0.717, 1.165) is 10.5 Å². The summed E-state index contributed by atoms with van der Waals surface area (Å²) >= 11 is 0. The standard InChI is InChI=1S/C20H28N4O4/c1-5-15-17(19(26)28-6-2)16(23-20(27)22-15)12-24(4)11-13-7-9-14(10-8-13)18(25)21-3/h7-10,15H,5-6,11-12H2,1-4H3,(H,21,25)(H2,22,23,27)/p+1/t15-/m0/s1. The van der Waals surface area contributed by atoms with Crippen molar-refractivity contribution in [1.29, 1.82) is 0 Å². The maximum atomic E-state index is 12.4. The van der Waals surface area contributed by atoms with E-state index >= 15 is 0 Å². The molecule has 0 saturated heterocycles. The third-order valence-corrected chi connectivity index (χ3v) is 4.57. The van der Waals surface area contributed by atoms with Gasteiger partial charge in [0, 0.05) is 18.2 Å². The molecule has 8 nitrogen and oxygen atoms in total. The van der Waals surface area contributed by atoms with E-state index in [2.05, 4.69) is 16.0 Å². The Bertz CT molecular complexity index is 758. The maximum absolute atomic E-state index is 12.4. The Labute approximate surface area is 165 Å². The van der Waals surface area contributed by atoms with Crippen LogP contribution < -0.4 is 20.9 Å². The Morgan fingerprint density at radius 1 is 1.18 bits per heavy atom. The van der Waals surface area contributed by atoms with E-state index in [4.69, 9.17) is 4.74 Å². The molecule has 0 spiro atoms. The number of ether oxygens (including phenoxy) is 1. The van der Waals surface area contributed by atoms with Crippen LogP contribution in [0.3, 0.4) is 0 Å². The molecule has 1 aromatic rings. The van der Waals surface area contributed by atoms with Crippen molar-refractivity contribution in [3.8, 4) is 0 Å². The second kappa shape index (κ2) is 9.89. The Balaban J connectivity index is 2.16. The number of amides is 3. The largest absolute Gasteiger partial charge is 0.463 e. The van der Waals surface area contributed by atoms with Gasteiger partial charge in [-0.05, 0) is 25.5 Å². The number of carbonyl (C=O) groups is 3. The minimum atomic E-state index is -0.403. The van der Waals surface area contributed by atoms with Gasteiger partial charge in [-0.1, -0.05) is 19.1 Å². The van der Waals surface area contributed by atoms with Gasteiger partial charge in [0.2, 0.25) is 0 Å². The lowest BCUT2D eigenvalue weighted by Gasteiger charge is -2.29. The third kappa shape index (κ3) is 5.32. The molecule has 0 aliphatic carbocycles. The van der Waals surface area contributed by atoms with Crippen molar-refractivity contribution >= 4 is 17.9 Å². The van der Waals surface area contributed by atoms with Gasteiger partial charge in [0.25, 0.3) is 5.91 Å². The molecular formula is C20H29N4O4+. The van der Waals surface area contributed by atoms with Crippen LogP contribution in [0.1, 0.15) is 36.2 Å². The summed E-state index contributed by atoms with van der Waals surface area (Å²) in [7, 11) is 3.58. The van der Waals surface area contributed by atoms with Gasteiger partial charge in [-0.2, -0.15) is 0 Å². The van der Waals surface area contributed by atoms with E-state index in [0.29, 0.717) is 36.3 Å². The molecule has 0 bridgehead atoms. The Morgan fingerprint density at radius 3 is 2.43 bits per heavy atom. The molecule has 2 rings (SSSR count). The van der Waals surface area contributed by atoms with Crippen molar-refractivity contribution in [3.63, 3.8) is 0 Å². The van der Waals surface area contributed by atoms with Gasteiger partial charge in [-0.25, -0.2) is 9.59 Å². The molecule has 8 heteroatoms. The molecule has 3 amide bonds. The highest BCUT2D eigenvalue weighted by molar-refractivity contribution is 5.95. The van der Waals surface area contributed by atoms with Gasteiger partial charge in [0.05, 0.1) is 31.0 Å². The summed E-state index contributed by atoms with van der Waals surface area (Å²) in [6.07, 6.45) is 0.602. The summed E-state index contributed by atoms with van der Waals surface area (Å²) in [6, 6.07) is 6.71. The zero-order chi connectivity index (χ0) is 20.7. The molecule has 0 aromatic heterocycles. The lowest BCUT2D eigenvalue weighted by Crippen LogP contribution is -3.08. The summed E-state index contributed by atoms with van der Waals surface area (Å²) in [5, 5.41) is 8.14. The minimum absolute atomic E-state index is 0.125. The molecule has 2 atom stereocenters. The molecule has 1 heterocycles. The number of esters is 1. The van der Waals surface area contributed by atoms with Gasteiger partial charge in [0.15, 0.2) is 0 Å². The molecule has 1 aliphatic rings. The van der Waals surface area contributed by atoms with Gasteiger partial charge < -0.3 is 25.6 Å². The van der Waals surface area contributed by atoms with Crippen molar-refractivity contribution < 1.29 is 24.0 Å². The van der Waals surface area contributed by atoms with Crippen molar-refractivity contribution in [1.82, 2.24) is 16.0 Å². The number of hydrogen-bond donors (Lipinski definition) is 4. The molecule has 152 valence electrons. The first kappa shape index (κ1) is 21.4. The molecular weight excluding hydrogens is 360 g/mol. The summed E-state index contributed by atoms with van der Waals surface area (Å²) in [6.45, 7) is 5.09. The third-order valence-electron chi connectivity index (χ3n) is 4.57. The summed E-state index contributed by atoms with van der Waals surface area (Å²) in [5.41, 5.74) is 2.73. The first-order valence-electron chi connectivity index (χ1n) is 9.49. The molecule has 1 aliphatic heterocycles. The fourth-order valence-electron chi connectivity index (χ4n) is 3.23. The first-order valence-corrected chi connectivity index (χ1v) is 9.49. The van der Waals surface area contributed by atoms with E-state index in [1.165, 1.54) is 0 Å². The molecule has 1 unspecified atom stereocenters. The smallest absolute Gasteiger partial charge is 0.338 e. The first-order chi connectivity index (χ1) is 13.4. The van der Waals surface area contributed by atoms with Crippen molar-refractivity contribution in [2.75, 3.05) is 27.2 Å². The van der Waals surface area contributed by atoms with Crippen LogP contribution in [0, 0.1) is 0 Å². The van der Waals surface area contributed by atoms with Crippen LogP contribution >= 0.6 is 0 Å². The Hall–Kier alpha value is -2.87. The number of nitrogens with one attached hydrogen (secondary N) is 4. The normalized spacial score (nSPS) is 17.4. The molecule has 4 N–H and O–H groups in total. The van der Waals surface area contributed by atoms with Gasteiger partial charge in [-0.15, -0.1) is 0 Å². The van der Waals surface area contributed by atoms with Crippen molar-refractivity contribution in [2.24, 2.45) is 0 Å². The SMILES string of the molecule is CCOC(=O)C1=C(C[NH+](C)Cc2ccc(C(=O)NC)cc2)NC(=O)N[C@H]1CC. The minimum Gasteiger partial charge on any atom is -0.463 e. The highest BCUT2D eigenvalue weighted by Gasteiger charge is 2.32. The fraction of sp³-hybridized carbons (Fsp3) is 0.450. The monoisotopic (exact) mass is 389 g/mol. The van der Waals surface area contributed by atoms with Crippen LogP contribution in [-0.2, 0) is 16.1 Å². The summed E-state index contributed by atoms with van der Waals surface area (Å²) in [4.78, 5) is 37.1. The highest BCUT2D eigenvalue weighted by Crippen LogP contribution is 2.16. The Kier molecular flexibility index (Phi) is 7.57. The van der Waals surface area contributed by atoms with Crippen molar-refractivity contribution in [2.45, 2.75) is 32.9 Å². The van der Waals surface area contributed by atoms with Crippen LogP contribution in [0.4, 0.5) is 4.79 Å². The van der Waals surface area contributed by atoms with Crippen LogP contribution in [0.2, 0.25) is 0 Å². The number of likely N-dealkylation sites (N-methyl/N-ethyl adjacent to an activating group) is 1. The van der Waals surface area contributed by atoms with Gasteiger partial charge >= 0.3 is 12.0 Å². The number of quaternary nitrogens is 1.